The van der Waals surface area contributed by atoms with Crippen LogP contribution in [0.5, 0.6) is 0 Å². The van der Waals surface area contributed by atoms with Crippen molar-refractivity contribution in [2.45, 2.75) is 37.3 Å². The third-order valence-electron chi connectivity index (χ3n) is 3.80. The molecule has 1 unspecified atom stereocenters. The van der Waals surface area contributed by atoms with Gasteiger partial charge < -0.3 is 14.8 Å². The molecule has 2 aliphatic heterocycles. The highest BCUT2D eigenvalue weighted by molar-refractivity contribution is 7.90. The molecule has 5 nitrogen and oxygen atoms in total. The molecule has 2 rings (SSSR count). The van der Waals surface area contributed by atoms with Crippen LogP contribution in [0.1, 0.15) is 25.7 Å². The van der Waals surface area contributed by atoms with Gasteiger partial charge in [0.1, 0.15) is 9.84 Å². The zero-order chi connectivity index (χ0) is 13.1. The summed E-state index contributed by atoms with van der Waals surface area (Å²) in [4.78, 5) is 0. The second-order valence-corrected chi connectivity index (χ2v) is 7.68. The minimum absolute atomic E-state index is 0.0285. The predicted molar refractivity (Wildman–Crippen MR) is 69.5 cm³/mol. The lowest BCUT2D eigenvalue weighted by Crippen LogP contribution is -2.50. The molecule has 0 aromatic carbocycles. The molecular formula is C12H23NO4S. The maximum Gasteiger partial charge on any atom is 0.148 e. The molecule has 0 aromatic rings. The van der Waals surface area contributed by atoms with E-state index < -0.39 is 9.84 Å². The summed E-state index contributed by atoms with van der Waals surface area (Å²) in [5, 5.41) is 3.35. The first-order valence-electron chi connectivity index (χ1n) is 6.62. The maximum atomic E-state index is 11.1. The standard InChI is InChI=1S/C12H23NO4S/c1-18(14,15)9-5-13-11-2-6-17-12(10-11)3-7-16-8-4-12/h11,13H,2-10H2,1H3. The summed E-state index contributed by atoms with van der Waals surface area (Å²) in [5.74, 6) is 0.209. The van der Waals surface area contributed by atoms with Crippen molar-refractivity contribution in [3.63, 3.8) is 0 Å². The van der Waals surface area contributed by atoms with Gasteiger partial charge in [-0.25, -0.2) is 8.42 Å². The SMILES string of the molecule is CS(=O)(=O)CCNC1CCOC2(CCOCC2)C1. The van der Waals surface area contributed by atoms with E-state index in [4.69, 9.17) is 9.47 Å². The van der Waals surface area contributed by atoms with E-state index >= 15 is 0 Å². The monoisotopic (exact) mass is 277 g/mol. The summed E-state index contributed by atoms with van der Waals surface area (Å²) in [7, 11) is -2.87. The van der Waals surface area contributed by atoms with Gasteiger partial charge >= 0.3 is 0 Å². The van der Waals surface area contributed by atoms with Crippen LogP contribution in [-0.4, -0.2) is 58.4 Å². The van der Waals surface area contributed by atoms with Crippen molar-refractivity contribution in [3.8, 4) is 0 Å². The third kappa shape index (κ3) is 4.19. The first-order valence-corrected chi connectivity index (χ1v) is 8.68. The van der Waals surface area contributed by atoms with Crippen LogP contribution in [0.4, 0.5) is 0 Å². The smallest absolute Gasteiger partial charge is 0.148 e. The minimum Gasteiger partial charge on any atom is -0.381 e. The Morgan fingerprint density at radius 1 is 1.28 bits per heavy atom. The fourth-order valence-corrected chi connectivity index (χ4v) is 3.23. The highest BCUT2D eigenvalue weighted by atomic mass is 32.2. The van der Waals surface area contributed by atoms with E-state index in [0.29, 0.717) is 12.6 Å². The van der Waals surface area contributed by atoms with Gasteiger partial charge in [-0.1, -0.05) is 0 Å². The summed E-state index contributed by atoms with van der Waals surface area (Å²) in [6.45, 7) is 2.85. The van der Waals surface area contributed by atoms with E-state index in [2.05, 4.69) is 5.32 Å². The largest absolute Gasteiger partial charge is 0.381 e. The van der Waals surface area contributed by atoms with Crippen LogP contribution in [0.3, 0.4) is 0 Å². The summed E-state index contributed by atoms with van der Waals surface area (Å²) >= 11 is 0. The molecule has 0 radical (unpaired) electrons. The number of hydrogen-bond donors (Lipinski definition) is 1. The number of hydrogen-bond acceptors (Lipinski definition) is 5. The van der Waals surface area contributed by atoms with E-state index in [1.54, 1.807) is 0 Å². The number of ether oxygens (including phenoxy) is 2. The van der Waals surface area contributed by atoms with Gasteiger partial charge in [0.05, 0.1) is 11.4 Å². The van der Waals surface area contributed by atoms with Gasteiger partial charge in [-0.2, -0.15) is 0 Å². The summed E-state index contributed by atoms with van der Waals surface area (Å²) < 4.78 is 33.5. The Morgan fingerprint density at radius 2 is 2.00 bits per heavy atom. The van der Waals surface area contributed by atoms with Gasteiger partial charge in [0.2, 0.25) is 0 Å². The van der Waals surface area contributed by atoms with E-state index in [0.717, 1.165) is 45.5 Å². The molecule has 2 fully saturated rings. The molecular weight excluding hydrogens is 254 g/mol. The maximum absolute atomic E-state index is 11.1. The molecule has 0 aromatic heterocycles. The van der Waals surface area contributed by atoms with E-state index in [9.17, 15) is 8.42 Å². The second-order valence-electron chi connectivity index (χ2n) is 5.42. The summed E-state index contributed by atoms with van der Waals surface area (Å²) in [6.07, 6.45) is 5.12. The molecule has 1 atom stereocenters. The average molecular weight is 277 g/mol. The lowest BCUT2D eigenvalue weighted by Gasteiger charge is -2.43. The zero-order valence-corrected chi connectivity index (χ0v) is 11.8. The molecule has 2 heterocycles. The van der Waals surface area contributed by atoms with Gasteiger partial charge in [-0.3, -0.25) is 0 Å². The molecule has 2 saturated heterocycles. The Balaban J connectivity index is 1.79. The molecule has 106 valence electrons. The normalized spacial score (nSPS) is 28.4. The Morgan fingerprint density at radius 3 is 2.67 bits per heavy atom. The predicted octanol–water partition coefficient (Wildman–Crippen LogP) is 0.349. The van der Waals surface area contributed by atoms with E-state index in [-0.39, 0.29) is 11.4 Å². The average Bonchev–Trinajstić information content (AvgIpc) is 2.28. The molecule has 0 amide bonds. The number of nitrogens with one attached hydrogen (secondary N) is 1. The van der Waals surface area contributed by atoms with Crippen molar-refractivity contribution in [3.05, 3.63) is 0 Å². The van der Waals surface area contributed by atoms with Crippen LogP contribution in [-0.2, 0) is 19.3 Å². The van der Waals surface area contributed by atoms with Gasteiger partial charge in [0.15, 0.2) is 0 Å². The van der Waals surface area contributed by atoms with Crippen LogP contribution >= 0.6 is 0 Å². The summed E-state index contributed by atoms with van der Waals surface area (Å²) in [5.41, 5.74) is -0.0285. The molecule has 1 spiro atoms. The van der Waals surface area contributed by atoms with Gasteiger partial charge in [-0.05, 0) is 25.7 Å². The Kier molecular flexibility index (Phi) is 4.64. The fourth-order valence-electron chi connectivity index (χ4n) is 2.74. The molecule has 0 bridgehead atoms. The first kappa shape index (κ1) is 14.2. The molecule has 0 saturated carbocycles. The van der Waals surface area contributed by atoms with Gasteiger partial charge in [0, 0.05) is 38.7 Å². The molecule has 1 N–H and O–H groups in total. The van der Waals surface area contributed by atoms with Crippen LogP contribution < -0.4 is 5.32 Å². The second kappa shape index (κ2) is 5.86. The van der Waals surface area contributed by atoms with Crippen molar-refractivity contribution in [1.29, 1.82) is 0 Å². The summed E-state index contributed by atoms with van der Waals surface area (Å²) in [6, 6.07) is 0.374. The highest BCUT2D eigenvalue weighted by Gasteiger charge is 2.38. The van der Waals surface area contributed by atoms with Crippen LogP contribution in [0.25, 0.3) is 0 Å². The van der Waals surface area contributed by atoms with Crippen LogP contribution in [0.2, 0.25) is 0 Å². The topological polar surface area (TPSA) is 64.6 Å². The molecule has 0 aliphatic carbocycles. The Bertz CT molecular complexity index is 357. The Labute approximate surface area is 109 Å². The molecule has 6 heteroatoms. The van der Waals surface area contributed by atoms with Crippen LogP contribution in [0, 0.1) is 0 Å². The zero-order valence-electron chi connectivity index (χ0n) is 11.0. The van der Waals surface area contributed by atoms with E-state index in [1.807, 2.05) is 0 Å². The number of rotatable bonds is 4. The van der Waals surface area contributed by atoms with Crippen molar-refractivity contribution in [2.75, 3.05) is 38.4 Å². The van der Waals surface area contributed by atoms with Crippen LogP contribution in [0.15, 0.2) is 0 Å². The van der Waals surface area contributed by atoms with Crippen molar-refractivity contribution in [1.82, 2.24) is 5.32 Å². The quantitative estimate of drug-likeness (QED) is 0.803. The third-order valence-corrected chi connectivity index (χ3v) is 4.75. The Hall–Kier alpha value is -0.170. The van der Waals surface area contributed by atoms with Crippen molar-refractivity contribution < 1.29 is 17.9 Å². The van der Waals surface area contributed by atoms with E-state index in [1.165, 1.54) is 6.26 Å². The molecule has 18 heavy (non-hydrogen) atoms. The first-order chi connectivity index (χ1) is 8.49. The van der Waals surface area contributed by atoms with Crippen molar-refractivity contribution >= 4 is 9.84 Å². The minimum atomic E-state index is -2.87. The number of sulfone groups is 1. The molecule has 2 aliphatic rings. The van der Waals surface area contributed by atoms with Gasteiger partial charge in [0.25, 0.3) is 0 Å². The fraction of sp³-hybridized carbons (Fsp3) is 1.00. The lowest BCUT2D eigenvalue weighted by atomic mass is 9.84. The highest BCUT2D eigenvalue weighted by Crippen LogP contribution is 2.34. The van der Waals surface area contributed by atoms with Gasteiger partial charge in [-0.15, -0.1) is 0 Å². The van der Waals surface area contributed by atoms with Crippen molar-refractivity contribution in [2.24, 2.45) is 0 Å². The lowest BCUT2D eigenvalue weighted by molar-refractivity contribution is -0.140.